The van der Waals surface area contributed by atoms with E-state index in [9.17, 15) is 4.79 Å². The first-order valence-corrected chi connectivity index (χ1v) is 7.17. The molecule has 21 heavy (non-hydrogen) atoms. The van der Waals surface area contributed by atoms with E-state index in [-0.39, 0.29) is 18.1 Å². The van der Waals surface area contributed by atoms with Crippen molar-refractivity contribution in [2.24, 2.45) is 0 Å². The summed E-state index contributed by atoms with van der Waals surface area (Å²) >= 11 is 6.12. The second-order valence-corrected chi connectivity index (χ2v) is 5.35. The van der Waals surface area contributed by atoms with E-state index in [1.54, 1.807) is 13.2 Å². The predicted molar refractivity (Wildman–Crippen MR) is 77.9 cm³/mol. The Morgan fingerprint density at radius 1 is 1.67 bits per heavy atom. The highest BCUT2D eigenvalue weighted by Gasteiger charge is 2.20. The average Bonchev–Trinajstić information content (AvgIpc) is 2.94. The van der Waals surface area contributed by atoms with E-state index in [4.69, 9.17) is 25.8 Å². The summed E-state index contributed by atoms with van der Waals surface area (Å²) in [7, 11) is 1.58. The molecule has 2 atom stereocenters. The Morgan fingerprint density at radius 3 is 3.10 bits per heavy atom. The highest BCUT2D eigenvalue weighted by Crippen LogP contribution is 2.25. The molecular weight excluding hydrogens is 296 g/mol. The van der Waals surface area contributed by atoms with Crippen LogP contribution in [-0.2, 0) is 9.47 Å². The monoisotopic (exact) mass is 314 g/mol. The Bertz CT molecular complexity index is 492. The zero-order valence-corrected chi connectivity index (χ0v) is 12.9. The number of ether oxygens (including phenoxy) is 3. The van der Waals surface area contributed by atoms with Gasteiger partial charge in [0.2, 0.25) is 5.88 Å². The molecule has 1 aromatic heterocycles. The lowest BCUT2D eigenvalue weighted by Gasteiger charge is -2.14. The topological polar surface area (TPSA) is 69.7 Å². The number of carbonyl (C=O) groups excluding carboxylic acids is 1. The van der Waals surface area contributed by atoms with Crippen molar-refractivity contribution in [2.45, 2.75) is 25.5 Å². The fraction of sp³-hybridized carbons (Fsp3) is 0.571. The summed E-state index contributed by atoms with van der Waals surface area (Å²) in [6, 6.07) is 1.46. The summed E-state index contributed by atoms with van der Waals surface area (Å²) in [5.74, 6) is 0.0818. The molecule has 0 radical (unpaired) electrons. The van der Waals surface area contributed by atoms with Crippen molar-refractivity contribution in [2.75, 3.05) is 26.9 Å². The third-order valence-corrected chi connectivity index (χ3v) is 3.30. The second kappa shape index (κ2) is 7.59. The Labute approximate surface area is 128 Å². The van der Waals surface area contributed by atoms with Crippen LogP contribution >= 0.6 is 11.6 Å². The van der Waals surface area contributed by atoms with Gasteiger partial charge in [-0.1, -0.05) is 11.6 Å². The number of methoxy groups -OCH3 is 1. The Kier molecular flexibility index (Phi) is 5.78. The first kappa shape index (κ1) is 16.0. The van der Waals surface area contributed by atoms with E-state index in [1.165, 1.54) is 6.20 Å². The molecule has 1 fully saturated rings. The third-order valence-electron chi connectivity index (χ3n) is 3.03. The fourth-order valence-electron chi connectivity index (χ4n) is 2.00. The van der Waals surface area contributed by atoms with Crippen molar-refractivity contribution >= 4 is 17.5 Å². The summed E-state index contributed by atoms with van der Waals surface area (Å²) in [4.78, 5) is 16.1. The maximum absolute atomic E-state index is 12.0. The Hall–Kier alpha value is -1.37. The molecule has 1 aliphatic rings. The van der Waals surface area contributed by atoms with Gasteiger partial charge < -0.3 is 19.5 Å². The van der Waals surface area contributed by atoms with Crippen LogP contribution < -0.4 is 10.1 Å². The second-order valence-electron chi connectivity index (χ2n) is 4.94. The molecule has 0 saturated carbocycles. The molecule has 0 bridgehead atoms. The summed E-state index contributed by atoms with van der Waals surface area (Å²) in [5.41, 5.74) is 0.387. The number of nitrogens with zero attached hydrogens (tertiary/aromatic N) is 1. The lowest BCUT2D eigenvalue weighted by atomic mass is 10.2. The smallest absolute Gasteiger partial charge is 0.253 e. The molecule has 0 aliphatic carbocycles. The molecule has 116 valence electrons. The minimum absolute atomic E-state index is 0.0311. The minimum atomic E-state index is -0.246. The number of hydrogen-bond acceptors (Lipinski definition) is 5. The molecule has 1 aromatic rings. The molecule has 2 unspecified atom stereocenters. The SMILES string of the molecule is COCC(C)NC(=O)c1cnc(OC2CCOC2)c(Cl)c1. The molecule has 1 N–H and O–H groups in total. The molecule has 1 saturated heterocycles. The summed E-state index contributed by atoms with van der Waals surface area (Å²) in [5, 5.41) is 3.11. The largest absolute Gasteiger partial charge is 0.471 e. The fourth-order valence-corrected chi connectivity index (χ4v) is 2.21. The van der Waals surface area contributed by atoms with Crippen LogP contribution in [-0.4, -0.2) is 50.0 Å². The van der Waals surface area contributed by atoms with Gasteiger partial charge in [-0.05, 0) is 13.0 Å². The van der Waals surface area contributed by atoms with Crippen LogP contribution in [0.4, 0.5) is 0 Å². The van der Waals surface area contributed by atoms with Crippen LogP contribution in [0, 0.1) is 0 Å². The average molecular weight is 315 g/mol. The lowest BCUT2D eigenvalue weighted by Crippen LogP contribution is -2.35. The molecule has 7 heteroatoms. The molecule has 0 spiro atoms. The van der Waals surface area contributed by atoms with Gasteiger partial charge in [0, 0.05) is 25.8 Å². The summed E-state index contributed by atoms with van der Waals surface area (Å²) in [6.07, 6.45) is 2.23. The van der Waals surface area contributed by atoms with Crippen molar-refractivity contribution < 1.29 is 19.0 Å². The van der Waals surface area contributed by atoms with Gasteiger partial charge in [-0.15, -0.1) is 0 Å². The van der Waals surface area contributed by atoms with Crippen LogP contribution in [0.3, 0.4) is 0 Å². The van der Waals surface area contributed by atoms with Crippen LogP contribution in [0.5, 0.6) is 5.88 Å². The standard InChI is InChI=1S/C14H19ClN2O4/c1-9(7-19-2)17-13(18)10-5-12(15)14(16-6-10)21-11-3-4-20-8-11/h5-6,9,11H,3-4,7-8H2,1-2H3,(H,17,18). The van der Waals surface area contributed by atoms with Crippen LogP contribution in [0.25, 0.3) is 0 Å². The zero-order chi connectivity index (χ0) is 15.2. The van der Waals surface area contributed by atoms with Gasteiger partial charge in [-0.25, -0.2) is 4.98 Å². The quantitative estimate of drug-likeness (QED) is 0.865. The molecule has 1 aliphatic heterocycles. The van der Waals surface area contributed by atoms with Gasteiger partial charge in [0.25, 0.3) is 5.91 Å². The van der Waals surface area contributed by atoms with Crippen LogP contribution in [0.1, 0.15) is 23.7 Å². The van der Waals surface area contributed by atoms with Crippen molar-refractivity contribution in [3.05, 3.63) is 22.8 Å². The first-order chi connectivity index (χ1) is 10.1. The van der Waals surface area contributed by atoms with E-state index >= 15 is 0 Å². The number of halogens is 1. The molecule has 6 nitrogen and oxygen atoms in total. The molecule has 2 rings (SSSR count). The van der Waals surface area contributed by atoms with E-state index < -0.39 is 0 Å². The van der Waals surface area contributed by atoms with Crippen molar-refractivity contribution in [3.8, 4) is 5.88 Å². The Morgan fingerprint density at radius 2 is 2.48 bits per heavy atom. The number of aromatic nitrogens is 1. The van der Waals surface area contributed by atoms with Crippen molar-refractivity contribution in [1.29, 1.82) is 0 Å². The maximum atomic E-state index is 12.0. The molecule has 0 aromatic carbocycles. The highest BCUT2D eigenvalue weighted by molar-refractivity contribution is 6.32. The zero-order valence-electron chi connectivity index (χ0n) is 12.1. The van der Waals surface area contributed by atoms with Crippen LogP contribution in [0.2, 0.25) is 5.02 Å². The van der Waals surface area contributed by atoms with Gasteiger partial charge in [-0.3, -0.25) is 4.79 Å². The number of pyridine rings is 1. The van der Waals surface area contributed by atoms with Gasteiger partial charge in [0.15, 0.2) is 0 Å². The minimum Gasteiger partial charge on any atom is -0.471 e. The number of carbonyl (C=O) groups is 1. The van der Waals surface area contributed by atoms with E-state index in [2.05, 4.69) is 10.3 Å². The highest BCUT2D eigenvalue weighted by atomic mass is 35.5. The normalized spacial score (nSPS) is 19.3. The van der Waals surface area contributed by atoms with Gasteiger partial charge >= 0.3 is 0 Å². The predicted octanol–water partition coefficient (Wildman–Crippen LogP) is 1.67. The number of nitrogens with one attached hydrogen (secondary N) is 1. The van der Waals surface area contributed by atoms with E-state index in [0.29, 0.717) is 36.3 Å². The van der Waals surface area contributed by atoms with Gasteiger partial charge in [0.1, 0.15) is 11.1 Å². The molecule has 1 amide bonds. The molecular formula is C14H19ClN2O4. The van der Waals surface area contributed by atoms with Gasteiger partial charge in [0.05, 0.1) is 25.4 Å². The number of rotatable bonds is 6. The molecule has 2 heterocycles. The van der Waals surface area contributed by atoms with E-state index in [0.717, 1.165) is 6.42 Å². The van der Waals surface area contributed by atoms with Crippen LogP contribution in [0.15, 0.2) is 12.3 Å². The van der Waals surface area contributed by atoms with Crippen molar-refractivity contribution in [1.82, 2.24) is 10.3 Å². The summed E-state index contributed by atoms with van der Waals surface area (Å²) in [6.45, 7) is 3.51. The van der Waals surface area contributed by atoms with E-state index in [1.807, 2.05) is 6.92 Å². The number of amides is 1. The first-order valence-electron chi connectivity index (χ1n) is 6.80. The maximum Gasteiger partial charge on any atom is 0.253 e. The lowest BCUT2D eigenvalue weighted by molar-refractivity contribution is 0.0905. The number of hydrogen-bond donors (Lipinski definition) is 1. The third kappa shape index (κ3) is 4.56. The van der Waals surface area contributed by atoms with Crippen molar-refractivity contribution in [3.63, 3.8) is 0 Å². The van der Waals surface area contributed by atoms with Gasteiger partial charge in [-0.2, -0.15) is 0 Å². The Balaban J connectivity index is 1.98. The summed E-state index contributed by atoms with van der Waals surface area (Å²) < 4.78 is 15.8.